The second kappa shape index (κ2) is 5.25. The Labute approximate surface area is 92.4 Å². The zero-order valence-electron chi connectivity index (χ0n) is 9.66. The maximum atomic E-state index is 11.9. The van der Waals surface area contributed by atoms with Gasteiger partial charge in [-0.15, -0.1) is 0 Å². The van der Waals surface area contributed by atoms with Crippen LogP contribution >= 0.6 is 0 Å². The molecule has 1 saturated heterocycles. The van der Waals surface area contributed by atoms with Crippen molar-refractivity contribution in [3.63, 3.8) is 0 Å². The Morgan fingerprint density at radius 2 is 2.20 bits per heavy atom. The van der Waals surface area contributed by atoms with Crippen LogP contribution < -0.4 is 10.0 Å². The summed E-state index contributed by atoms with van der Waals surface area (Å²) in [6.07, 6.45) is 0.896. The monoisotopic (exact) mass is 235 g/mol. The first-order valence-corrected chi connectivity index (χ1v) is 6.91. The van der Waals surface area contributed by atoms with E-state index >= 15 is 0 Å². The van der Waals surface area contributed by atoms with Crippen LogP contribution in [-0.2, 0) is 10.2 Å². The molecule has 0 aromatic carbocycles. The summed E-state index contributed by atoms with van der Waals surface area (Å²) in [5, 5.41) is 3.18. The fourth-order valence-corrected chi connectivity index (χ4v) is 3.52. The van der Waals surface area contributed by atoms with Gasteiger partial charge in [-0.1, -0.05) is 6.92 Å². The second-order valence-electron chi connectivity index (χ2n) is 4.13. The molecule has 90 valence electrons. The Morgan fingerprint density at radius 3 is 2.60 bits per heavy atom. The normalized spacial score (nSPS) is 22.9. The molecule has 1 aliphatic heterocycles. The Hall–Kier alpha value is -0.170. The summed E-state index contributed by atoms with van der Waals surface area (Å²) in [5.74, 6) is 0. The summed E-state index contributed by atoms with van der Waals surface area (Å²) in [4.78, 5) is 0. The van der Waals surface area contributed by atoms with Crippen LogP contribution in [0.1, 0.15) is 27.2 Å². The van der Waals surface area contributed by atoms with Crippen LogP contribution in [0.2, 0.25) is 0 Å². The van der Waals surface area contributed by atoms with Crippen molar-refractivity contribution in [2.24, 2.45) is 0 Å². The average molecular weight is 235 g/mol. The van der Waals surface area contributed by atoms with Gasteiger partial charge >= 0.3 is 0 Å². The first-order chi connectivity index (χ1) is 6.97. The number of hydrogen-bond acceptors (Lipinski definition) is 3. The Balaban J connectivity index is 2.71. The number of nitrogens with one attached hydrogen (secondary N) is 2. The molecule has 2 N–H and O–H groups in total. The van der Waals surface area contributed by atoms with Crippen molar-refractivity contribution in [3.8, 4) is 0 Å². The van der Waals surface area contributed by atoms with Crippen molar-refractivity contribution >= 4 is 10.2 Å². The standard InChI is InChI=1S/C9H21N3O2S/c1-4-12(9-5-6-10-7-9)15(13,14)11-8(2)3/h8-11H,4-7H2,1-3H3. The highest BCUT2D eigenvalue weighted by Crippen LogP contribution is 2.12. The second-order valence-corrected chi connectivity index (χ2v) is 5.78. The van der Waals surface area contributed by atoms with Crippen LogP contribution in [0.3, 0.4) is 0 Å². The molecule has 1 unspecified atom stereocenters. The van der Waals surface area contributed by atoms with E-state index in [9.17, 15) is 8.42 Å². The van der Waals surface area contributed by atoms with Gasteiger partial charge < -0.3 is 5.32 Å². The van der Waals surface area contributed by atoms with E-state index in [1.807, 2.05) is 20.8 Å². The molecule has 0 spiro atoms. The van der Waals surface area contributed by atoms with Crippen molar-refractivity contribution in [2.75, 3.05) is 19.6 Å². The van der Waals surface area contributed by atoms with Crippen molar-refractivity contribution < 1.29 is 8.42 Å². The molecule has 1 atom stereocenters. The molecule has 0 aromatic heterocycles. The molecule has 0 aromatic rings. The lowest BCUT2D eigenvalue weighted by atomic mass is 10.3. The lowest BCUT2D eigenvalue weighted by molar-refractivity contribution is 0.341. The summed E-state index contributed by atoms with van der Waals surface area (Å²) in [5.41, 5.74) is 0. The molecule has 0 saturated carbocycles. The predicted octanol–water partition coefficient (Wildman–Crippen LogP) is -0.0870. The topological polar surface area (TPSA) is 61.4 Å². The highest BCUT2D eigenvalue weighted by Gasteiger charge is 2.30. The van der Waals surface area contributed by atoms with Gasteiger partial charge in [0.2, 0.25) is 0 Å². The fraction of sp³-hybridized carbons (Fsp3) is 1.00. The average Bonchev–Trinajstić information content (AvgIpc) is 2.54. The van der Waals surface area contributed by atoms with Crippen molar-refractivity contribution in [2.45, 2.75) is 39.3 Å². The van der Waals surface area contributed by atoms with Gasteiger partial charge in [0.25, 0.3) is 10.2 Å². The molecule has 1 heterocycles. The molecule has 15 heavy (non-hydrogen) atoms. The van der Waals surface area contributed by atoms with E-state index in [0.29, 0.717) is 6.54 Å². The van der Waals surface area contributed by atoms with E-state index in [1.54, 1.807) is 4.31 Å². The van der Waals surface area contributed by atoms with Crippen LogP contribution in [0.25, 0.3) is 0 Å². The van der Waals surface area contributed by atoms with Gasteiger partial charge in [-0.2, -0.15) is 17.4 Å². The first kappa shape index (κ1) is 12.9. The van der Waals surface area contributed by atoms with Crippen LogP contribution in [0.5, 0.6) is 0 Å². The third-order valence-electron chi connectivity index (χ3n) is 2.45. The highest BCUT2D eigenvalue weighted by atomic mass is 32.2. The van der Waals surface area contributed by atoms with Crippen LogP contribution in [-0.4, -0.2) is 44.4 Å². The number of hydrogen-bond donors (Lipinski definition) is 2. The van der Waals surface area contributed by atoms with E-state index in [4.69, 9.17) is 0 Å². The molecule has 1 fully saturated rings. The summed E-state index contributed by atoms with van der Waals surface area (Å²) >= 11 is 0. The van der Waals surface area contributed by atoms with E-state index in [0.717, 1.165) is 19.5 Å². The van der Waals surface area contributed by atoms with Gasteiger partial charge in [0, 0.05) is 25.2 Å². The van der Waals surface area contributed by atoms with Crippen LogP contribution in [0.4, 0.5) is 0 Å². The van der Waals surface area contributed by atoms with Crippen molar-refractivity contribution in [3.05, 3.63) is 0 Å². The van der Waals surface area contributed by atoms with Crippen molar-refractivity contribution in [1.29, 1.82) is 0 Å². The lowest BCUT2D eigenvalue weighted by Gasteiger charge is -2.27. The van der Waals surface area contributed by atoms with Gasteiger partial charge in [-0.3, -0.25) is 0 Å². The molecular weight excluding hydrogens is 214 g/mol. The van der Waals surface area contributed by atoms with E-state index in [2.05, 4.69) is 10.0 Å². The molecule has 0 radical (unpaired) electrons. The minimum Gasteiger partial charge on any atom is -0.315 e. The number of rotatable bonds is 5. The molecular formula is C9H21N3O2S. The van der Waals surface area contributed by atoms with Gasteiger partial charge in [0.1, 0.15) is 0 Å². The SMILES string of the molecule is CCN(C1CCNC1)S(=O)(=O)NC(C)C. The Kier molecular flexibility index (Phi) is 4.51. The zero-order chi connectivity index (χ0) is 11.5. The largest absolute Gasteiger partial charge is 0.315 e. The highest BCUT2D eigenvalue weighted by molar-refractivity contribution is 7.87. The van der Waals surface area contributed by atoms with Gasteiger partial charge in [-0.05, 0) is 26.8 Å². The minimum atomic E-state index is -3.31. The first-order valence-electron chi connectivity index (χ1n) is 5.47. The molecule has 1 rings (SSSR count). The third-order valence-corrected chi connectivity index (χ3v) is 4.39. The maximum absolute atomic E-state index is 11.9. The maximum Gasteiger partial charge on any atom is 0.279 e. The summed E-state index contributed by atoms with van der Waals surface area (Å²) in [6.45, 7) is 7.72. The zero-order valence-corrected chi connectivity index (χ0v) is 10.5. The molecule has 5 nitrogen and oxygen atoms in total. The fourth-order valence-electron chi connectivity index (χ4n) is 1.88. The molecule has 0 aliphatic carbocycles. The summed E-state index contributed by atoms with van der Waals surface area (Å²) in [7, 11) is -3.31. The quantitative estimate of drug-likeness (QED) is 0.700. The Bertz CT molecular complexity index is 284. The van der Waals surface area contributed by atoms with Gasteiger partial charge in [0.05, 0.1) is 0 Å². The smallest absolute Gasteiger partial charge is 0.279 e. The van der Waals surface area contributed by atoms with E-state index in [-0.39, 0.29) is 12.1 Å². The minimum absolute atomic E-state index is 0.0570. The molecule has 1 aliphatic rings. The van der Waals surface area contributed by atoms with Crippen LogP contribution in [0.15, 0.2) is 0 Å². The summed E-state index contributed by atoms with van der Waals surface area (Å²) in [6, 6.07) is 0.0460. The lowest BCUT2D eigenvalue weighted by Crippen LogP contribution is -2.49. The van der Waals surface area contributed by atoms with E-state index < -0.39 is 10.2 Å². The van der Waals surface area contributed by atoms with Gasteiger partial charge in [-0.25, -0.2) is 0 Å². The molecule has 6 heteroatoms. The van der Waals surface area contributed by atoms with E-state index in [1.165, 1.54) is 0 Å². The number of nitrogens with zero attached hydrogens (tertiary/aromatic N) is 1. The summed E-state index contributed by atoms with van der Waals surface area (Å²) < 4.78 is 28.1. The third kappa shape index (κ3) is 3.41. The number of likely N-dealkylation sites (N-methyl/N-ethyl adjacent to an activating group) is 1. The van der Waals surface area contributed by atoms with Gasteiger partial charge in [0.15, 0.2) is 0 Å². The predicted molar refractivity (Wildman–Crippen MR) is 60.8 cm³/mol. The molecule has 0 bridgehead atoms. The van der Waals surface area contributed by atoms with Crippen LogP contribution in [0, 0.1) is 0 Å². The Morgan fingerprint density at radius 1 is 1.53 bits per heavy atom. The molecule has 0 amide bonds. The van der Waals surface area contributed by atoms with Crippen molar-refractivity contribution in [1.82, 2.24) is 14.3 Å².